The summed E-state index contributed by atoms with van der Waals surface area (Å²) < 4.78 is 32.9. The molecule has 26 heavy (non-hydrogen) atoms. The molecule has 1 aliphatic heterocycles. The van der Waals surface area contributed by atoms with Crippen LogP contribution in [0, 0.1) is 18.6 Å². The van der Waals surface area contributed by atoms with Crippen LogP contribution in [0.25, 0.3) is 11.1 Å². The Morgan fingerprint density at radius 3 is 2.77 bits per heavy atom. The number of nitrogens with zero attached hydrogens (tertiary/aromatic N) is 1. The summed E-state index contributed by atoms with van der Waals surface area (Å²) in [6.45, 7) is 2.95. The van der Waals surface area contributed by atoms with Crippen molar-refractivity contribution < 1.29 is 18.3 Å². The molecule has 1 atom stereocenters. The highest BCUT2D eigenvalue weighted by atomic mass is 19.1. The molecule has 0 radical (unpaired) electrons. The Balaban J connectivity index is 1.75. The van der Waals surface area contributed by atoms with Gasteiger partial charge >= 0.3 is 6.09 Å². The average molecular weight is 360 g/mol. The molecule has 0 spiro atoms. The zero-order chi connectivity index (χ0) is 18.7. The highest BCUT2D eigenvalue weighted by molar-refractivity contribution is 5.91. The largest absolute Gasteiger partial charge is 0.448 e. The van der Waals surface area contributed by atoms with Crippen LogP contribution in [0.15, 0.2) is 36.4 Å². The zero-order valence-corrected chi connectivity index (χ0v) is 14.9. The van der Waals surface area contributed by atoms with Crippen LogP contribution >= 0.6 is 0 Å². The van der Waals surface area contributed by atoms with Crippen molar-refractivity contribution in [3.05, 3.63) is 53.6 Å². The average Bonchev–Trinajstić information content (AvgIpc) is 3.02. The fraction of sp³-hybridized carbons (Fsp3) is 0.350. The lowest BCUT2D eigenvalue weighted by Crippen LogP contribution is -2.31. The van der Waals surface area contributed by atoms with Crippen LogP contribution in [0.4, 0.5) is 19.3 Å². The van der Waals surface area contributed by atoms with Gasteiger partial charge in [0.15, 0.2) is 0 Å². The molecule has 1 heterocycles. The van der Waals surface area contributed by atoms with E-state index in [2.05, 4.69) is 10.2 Å². The molecule has 0 bridgehead atoms. The standard InChI is InChI=1S/C20H22F2N2O2/c1-13-5-6-14(10-18(13)22)17-11-15(21)7-8-19(17)23-20(25)26-12-16-4-3-9-24(16)2/h5-8,10-11,16H,3-4,9,12H2,1-2H3,(H,23,25). The fourth-order valence-electron chi connectivity index (χ4n) is 3.13. The molecule has 6 heteroatoms. The van der Waals surface area contributed by atoms with Crippen LogP contribution in [0.2, 0.25) is 0 Å². The molecular weight excluding hydrogens is 338 g/mol. The van der Waals surface area contributed by atoms with Crippen LogP contribution < -0.4 is 5.32 Å². The maximum absolute atomic E-state index is 13.9. The van der Waals surface area contributed by atoms with Crippen molar-refractivity contribution in [3.63, 3.8) is 0 Å². The second-order valence-electron chi connectivity index (χ2n) is 6.65. The molecule has 1 amide bonds. The van der Waals surface area contributed by atoms with Crippen LogP contribution in [0.5, 0.6) is 0 Å². The number of likely N-dealkylation sites (tertiary alicyclic amines) is 1. The minimum absolute atomic E-state index is 0.222. The third kappa shape index (κ3) is 4.19. The predicted molar refractivity (Wildman–Crippen MR) is 97.2 cm³/mol. The predicted octanol–water partition coefficient (Wildman–Crippen LogP) is 4.58. The van der Waals surface area contributed by atoms with Crippen molar-refractivity contribution in [2.75, 3.05) is 25.5 Å². The molecule has 2 aromatic carbocycles. The third-order valence-electron chi connectivity index (χ3n) is 4.78. The molecule has 1 N–H and O–H groups in total. The van der Waals surface area contributed by atoms with Gasteiger partial charge in [-0.3, -0.25) is 5.32 Å². The van der Waals surface area contributed by atoms with Gasteiger partial charge in [0.05, 0.1) is 5.69 Å². The second-order valence-corrected chi connectivity index (χ2v) is 6.65. The first-order valence-corrected chi connectivity index (χ1v) is 8.64. The summed E-state index contributed by atoms with van der Waals surface area (Å²) in [4.78, 5) is 14.3. The van der Waals surface area contributed by atoms with E-state index < -0.39 is 11.9 Å². The van der Waals surface area contributed by atoms with Gasteiger partial charge in [-0.1, -0.05) is 12.1 Å². The summed E-state index contributed by atoms with van der Waals surface area (Å²) in [6.07, 6.45) is 1.48. The Kier molecular flexibility index (Phi) is 5.52. The SMILES string of the molecule is Cc1ccc(-c2cc(F)ccc2NC(=O)OCC2CCCN2C)cc1F. The number of hydrogen-bond acceptors (Lipinski definition) is 3. The quantitative estimate of drug-likeness (QED) is 0.868. The lowest BCUT2D eigenvalue weighted by atomic mass is 10.0. The van der Waals surface area contributed by atoms with E-state index in [1.54, 1.807) is 19.1 Å². The van der Waals surface area contributed by atoms with E-state index >= 15 is 0 Å². The lowest BCUT2D eigenvalue weighted by molar-refractivity contribution is 0.127. The minimum atomic E-state index is -0.606. The van der Waals surface area contributed by atoms with Crippen molar-refractivity contribution in [2.45, 2.75) is 25.8 Å². The van der Waals surface area contributed by atoms with Gasteiger partial charge in [-0.2, -0.15) is 0 Å². The number of ether oxygens (including phenoxy) is 1. The van der Waals surface area contributed by atoms with Gasteiger partial charge in [0.25, 0.3) is 0 Å². The summed E-state index contributed by atoms with van der Waals surface area (Å²) in [5, 5.41) is 2.64. The topological polar surface area (TPSA) is 41.6 Å². The van der Waals surface area contributed by atoms with Gasteiger partial charge in [0.1, 0.15) is 18.2 Å². The first-order chi connectivity index (χ1) is 12.4. The zero-order valence-electron chi connectivity index (χ0n) is 14.9. The van der Waals surface area contributed by atoms with E-state index in [9.17, 15) is 13.6 Å². The molecular formula is C20H22F2N2O2. The maximum Gasteiger partial charge on any atom is 0.411 e. The summed E-state index contributed by atoms with van der Waals surface area (Å²) in [5.74, 6) is -0.850. The van der Waals surface area contributed by atoms with Crippen molar-refractivity contribution in [1.82, 2.24) is 4.90 Å². The van der Waals surface area contributed by atoms with E-state index in [1.807, 2.05) is 7.05 Å². The Morgan fingerprint density at radius 2 is 2.08 bits per heavy atom. The molecule has 4 nitrogen and oxygen atoms in total. The molecule has 1 unspecified atom stereocenters. The minimum Gasteiger partial charge on any atom is -0.448 e. The second kappa shape index (κ2) is 7.83. The smallest absolute Gasteiger partial charge is 0.411 e. The summed E-state index contributed by atoms with van der Waals surface area (Å²) in [6, 6.07) is 8.82. The number of halogens is 2. The molecule has 0 aromatic heterocycles. The lowest BCUT2D eigenvalue weighted by Gasteiger charge is -2.19. The monoisotopic (exact) mass is 360 g/mol. The van der Waals surface area contributed by atoms with Crippen molar-refractivity contribution in [2.24, 2.45) is 0 Å². The van der Waals surface area contributed by atoms with E-state index in [4.69, 9.17) is 4.74 Å². The van der Waals surface area contributed by atoms with Gasteiger partial charge in [0.2, 0.25) is 0 Å². The number of carbonyl (C=O) groups excluding carboxylic acids is 1. The van der Waals surface area contributed by atoms with E-state index in [1.165, 1.54) is 24.3 Å². The number of carbonyl (C=O) groups is 1. The van der Waals surface area contributed by atoms with Crippen LogP contribution in [-0.2, 0) is 4.74 Å². The maximum atomic E-state index is 13.9. The fourth-order valence-corrected chi connectivity index (χ4v) is 3.13. The van der Waals surface area contributed by atoms with Gasteiger partial charge in [-0.05, 0) is 68.8 Å². The van der Waals surface area contributed by atoms with Gasteiger partial charge in [0, 0.05) is 11.6 Å². The van der Waals surface area contributed by atoms with Gasteiger partial charge in [-0.25, -0.2) is 13.6 Å². The number of anilines is 1. The van der Waals surface area contributed by atoms with E-state index in [0.717, 1.165) is 19.4 Å². The Hall–Kier alpha value is -2.47. The normalized spacial score (nSPS) is 17.3. The third-order valence-corrected chi connectivity index (χ3v) is 4.78. The van der Waals surface area contributed by atoms with Gasteiger partial charge in [-0.15, -0.1) is 0 Å². The summed E-state index contributed by atoms with van der Waals surface area (Å²) in [7, 11) is 2.00. The highest BCUT2D eigenvalue weighted by Crippen LogP contribution is 2.30. The number of benzene rings is 2. The Labute approximate surface area is 151 Å². The first kappa shape index (κ1) is 18.3. The summed E-state index contributed by atoms with van der Waals surface area (Å²) >= 11 is 0. The van der Waals surface area contributed by atoms with E-state index in [0.29, 0.717) is 29.0 Å². The molecule has 0 aliphatic carbocycles. The first-order valence-electron chi connectivity index (χ1n) is 8.64. The molecule has 1 aliphatic rings. The van der Waals surface area contributed by atoms with Gasteiger partial charge < -0.3 is 9.64 Å². The number of hydrogen-bond donors (Lipinski definition) is 1. The molecule has 0 saturated carbocycles. The number of likely N-dealkylation sites (N-methyl/N-ethyl adjacent to an activating group) is 1. The van der Waals surface area contributed by atoms with E-state index in [-0.39, 0.29) is 11.9 Å². The van der Waals surface area contributed by atoms with Crippen LogP contribution in [0.1, 0.15) is 18.4 Å². The van der Waals surface area contributed by atoms with Crippen molar-refractivity contribution in [1.29, 1.82) is 0 Å². The van der Waals surface area contributed by atoms with Crippen molar-refractivity contribution in [3.8, 4) is 11.1 Å². The Morgan fingerprint density at radius 1 is 1.27 bits per heavy atom. The Bertz CT molecular complexity index is 810. The number of nitrogens with one attached hydrogen (secondary N) is 1. The molecule has 3 rings (SSSR count). The molecule has 138 valence electrons. The van der Waals surface area contributed by atoms with Crippen LogP contribution in [-0.4, -0.2) is 37.2 Å². The molecule has 2 aromatic rings. The number of amides is 1. The number of rotatable bonds is 4. The number of aryl methyl sites for hydroxylation is 1. The van der Waals surface area contributed by atoms with Crippen LogP contribution in [0.3, 0.4) is 0 Å². The molecule has 1 fully saturated rings. The van der Waals surface area contributed by atoms with Crippen molar-refractivity contribution >= 4 is 11.8 Å². The highest BCUT2D eigenvalue weighted by Gasteiger charge is 2.22. The molecule has 1 saturated heterocycles. The summed E-state index contributed by atoms with van der Waals surface area (Å²) in [5.41, 5.74) is 1.76.